The highest BCUT2D eigenvalue weighted by Crippen LogP contribution is 2.47. The summed E-state index contributed by atoms with van der Waals surface area (Å²) in [6.45, 7) is 28.1. The lowest BCUT2D eigenvalue weighted by molar-refractivity contribution is 0.122. The van der Waals surface area contributed by atoms with Gasteiger partial charge in [-0.05, 0) is 54.9 Å². The quantitative estimate of drug-likeness (QED) is 0.337. The second-order valence-corrected chi connectivity index (χ2v) is 7.47. The van der Waals surface area contributed by atoms with Gasteiger partial charge in [-0.15, -0.1) is 6.42 Å². The van der Waals surface area contributed by atoms with E-state index < -0.39 is 0 Å². The van der Waals surface area contributed by atoms with Crippen molar-refractivity contribution in [2.24, 2.45) is 23.2 Å². The highest BCUT2D eigenvalue weighted by Gasteiger charge is 2.37. The van der Waals surface area contributed by atoms with Gasteiger partial charge < -0.3 is 0 Å². The fourth-order valence-electron chi connectivity index (χ4n) is 3.62. The zero-order valence-electron chi connectivity index (χ0n) is 21.6. The first-order chi connectivity index (χ1) is 12.8. The molecule has 0 aliphatic heterocycles. The summed E-state index contributed by atoms with van der Waals surface area (Å²) in [7, 11) is 0. The van der Waals surface area contributed by atoms with Gasteiger partial charge in [0.05, 0.1) is 0 Å². The summed E-state index contributed by atoms with van der Waals surface area (Å²) in [4.78, 5) is 0. The maximum Gasteiger partial charge on any atom is -0.00248 e. The highest BCUT2D eigenvalue weighted by atomic mass is 14.4. The summed E-state index contributed by atoms with van der Waals surface area (Å²) in [6.07, 6.45) is 15.4. The van der Waals surface area contributed by atoms with Crippen molar-refractivity contribution in [1.82, 2.24) is 0 Å². The van der Waals surface area contributed by atoms with Crippen LogP contribution in [0.15, 0.2) is 11.6 Å². The van der Waals surface area contributed by atoms with Crippen molar-refractivity contribution < 1.29 is 0 Å². The van der Waals surface area contributed by atoms with Crippen molar-refractivity contribution in [1.29, 1.82) is 0 Å². The Balaban J connectivity index is -0.000000253. The van der Waals surface area contributed by atoms with Gasteiger partial charge in [-0.3, -0.25) is 0 Å². The predicted molar refractivity (Wildman–Crippen MR) is 131 cm³/mol. The number of rotatable bonds is 3. The minimum absolute atomic E-state index is 0.459. The number of allylic oxidation sites excluding steroid dienone is 2. The fourth-order valence-corrected chi connectivity index (χ4v) is 3.62. The molecule has 4 atom stereocenters. The third-order valence-electron chi connectivity index (χ3n) is 5.38. The minimum atomic E-state index is 0.459. The molecule has 0 radical (unpaired) electrons. The average molecular weight is 381 g/mol. The first kappa shape index (κ1) is 33.9. The smallest absolute Gasteiger partial charge is 0.00248 e. The van der Waals surface area contributed by atoms with Crippen LogP contribution in [0.5, 0.6) is 0 Å². The average Bonchev–Trinajstić information content (AvgIpc) is 2.80. The second kappa shape index (κ2) is 23.3. The van der Waals surface area contributed by atoms with Crippen LogP contribution >= 0.6 is 0 Å². The van der Waals surface area contributed by atoms with E-state index in [1.165, 1.54) is 37.7 Å². The molecule has 0 aromatic heterocycles. The molecule has 1 aliphatic carbocycles. The molecule has 1 fully saturated rings. The van der Waals surface area contributed by atoms with Crippen LogP contribution < -0.4 is 0 Å². The van der Waals surface area contributed by atoms with Gasteiger partial charge in [0.25, 0.3) is 0 Å². The van der Waals surface area contributed by atoms with Crippen LogP contribution in [0.1, 0.15) is 129 Å². The number of hydrogen-bond donors (Lipinski definition) is 0. The van der Waals surface area contributed by atoms with E-state index in [-0.39, 0.29) is 0 Å². The molecule has 1 rings (SSSR count). The van der Waals surface area contributed by atoms with Crippen LogP contribution in [0, 0.1) is 35.5 Å². The van der Waals surface area contributed by atoms with E-state index in [4.69, 9.17) is 6.42 Å². The molecule has 1 saturated carbocycles. The van der Waals surface area contributed by atoms with Crippen LogP contribution in [0.3, 0.4) is 0 Å². The standard InChI is InChI=1S/C18H30.C3H8.3C2H6/c1-7-17(8-2)11-12-18(6)13-14(3)9-10-15(4)16(18)5;1-3-2;3*1-2/h1,8,14-16H,9-13H2,2-6H3;3H2,1-2H3;3*1-2H3/b17-8-;;;;/t14-,15?,16?,18?;;;;/m0..../s1. The molecular formula is C27H56. The van der Waals surface area contributed by atoms with E-state index in [0.29, 0.717) is 5.41 Å². The van der Waals surface area contributed by atoms with Crippen LogP contribution in [-0.2, 0) is 0 Å². The van der Waals surface area contributed by atoms with Crippen LogP contribution in [0.2, 0.25) is 0 Å². The molecule has 3 unspecified atom stereocenters. The molecule has 0 N–H and O–H groups in total. The summed E-state index contributed by atoms with van der Waals surface area (Å²) in [6, 6.07) is 0. The number of terminal acetylenes is 1. The van der Waals surface area contributed by atoms with Crippen molar-refractivity contribution in [3.63, 3.8) is 0 Å². The Morgan fingerprint density at radius 1 is 1.00 bits per heavy atom. The van der Waals surface area contributed by atoms with Gasteiger partial charge in [-0.25, -0.2) is 0 Å². The Labute approximate surface area is 176 Å². The molecule has 1 aliphatic rings. The van der Waals surface area contributed by atoms with E-state index in [1.807, 2.05) is 41.5 Å². The Morgan fingerprint density at radius 3 is 1.81 bits per heavy atom. The Morgan fingerprint density at radius 2 is 1.44 bits per heavy atom. The summed E-state index contributed by atoms with van der Waals surface area (Å²) < 4.78 is 0. The Hall–Kier alpha value is -0.700. The van der Waals surface area contributed by atoms with Crippen LogP contribution in [0.4, 0.5) is 0 Å². The van der Waals surface area contributed by atoms with E-state index in [0.717, 1.165) is 24.2 Å². The lowest BCUT2D eigenvalue weighted by atomic mass is 9.67. The largest absolute Gasteiger partial charge is 0.115 e. The van der Waals surface area contributed by atoms with E-state index >= 15 is 0 Å². The maximum atomic E-state index is 5.54. The molecule has 164 valence electrons. The van der Waals surface area contributed by atoms with Crippen molar-refractivity contribution >= 4 is 0 Å². The van der Waals surface area contributed by atoms with Crippen LogP contribution in [-0.4, -0.2) is 0 Å². The van der Waals surface area contributed by atoms with Crippen LogP contribution in [0.25, 0.3) is 0 Å². The molecule has 0 saturated heterocycles. The molecule has 0 aromatic carbocycles. The summed E-state index contributed by atoms with van der Waals surface area (Å²) in [5.41, 5.74) is 1.63. The topological polar surface area (TPSA) is 0 Å². The molecule has 0 spiro atoms. The molecule has 0 nitrogen and oxygen atoms in total. The normalized spacial score (nSPS) is 26.7. The lowest BCUT2D eigenvalue weighted by Gasteiger charge is -2.38. The summed E-state index contributed by atoms with van der Waals surface area (Å²) >= 11 is 0. The molecule has 0 heterocycles. The molecule has 0 heteroatoms. The Kier molecular flexibility index (Phi) is 29.3. The third kappa shape index (κ3) is 16.0. The zero-order valence-corrected chi connectivity index (χ0v) is 21.6. The van der Waals surface area contributed by atoms with Crippen molar-refractivity contribution in [2.75, 3.05) is 0 Å². The molecular weight excluding hydrogens is 324 g/mol. The van der Waals surface area contributed by atoms with Gasteiger partial charge in [-0.2, -0.15) is 0 Å². The van der Waals surface area contributed by atoms with Crippen molar-refractivity contribution in [3.8, 4) is 12.3 Å². The van der Waals surface area contributed by atoms with Crippen molar-refractivity contribution in [2.45, 2.75) is 129 Å². The first-order valence-electron chi connectivity index (χ1n) is 12.0. The van der Waals surface area contributed by atoms with E-state index in [9.17, 15) is 0 Å². The molecule has 0 amide bonds. The SMILES string of the molecule is C#C/C(=C/C)CCC1(C)C[C@@H](C)CCC(C)C1C.CC.CC.CC.CCC. The van der Waals surface area contributed by atoms with Gasteiger partial charge in [-0.1, -0.05) is 114 Å². The fraction of sp³-hybridized carbons (Fsp3) is 0.852. The van der Waals surface area contributed by atoms with E-state index in [1.54, 1.807) is 0 Å². The monoisotopic (exact) mass is 380 g/mol. The number of hydrogen-bond acceptors (Lipinski definition) is 0. The predicted octanol–water partition coefficient (Wildman–Crippen LogP) is 9.94. The van der Waals surface area contributed by atoms with Gasteiger partial charge in [0.2, 0.25) is 0 Å². The lowest BCUT2D eigenvalue weighted by Crippen LogP contribution is -2.29. The van der Waals surface area contributed by atoms with Crippen molar-refractivity contribution in [3.05, 3.63) is 11.6 Å². The van der Waals surface area contributed by atoms with Gasteiger partial charge in [0.15, 0.2) is 0 Å². The van der Waals surface area contributed by atoms with E-state index in [2.05, 4.69) is 60.5 Å². The van der Waals surface area contributed by atoms with Gasteiger partial charge in [0.1, 0.15) is 0 Å². The summed E-state index contributed by atoms with van der Waals surface area (Å²) in [5, 5.41) is 0. The summed E-state index contributed by atoms with van der Waals surface area (Å²) in [5.74, 6) is 5.34. The first-order valence-corrected chi connectivity index (χ1v) is 12.0. The Bertz CT molecular complexity index is 344. The molecule has 0 bridgehead atoms. The minimum Gasteiger partial charge on any atom is -0.115 e. The highest BCUT2D eigenvalue weighted by molar-refractivity contribution is 5.24. The second-order valence-electron chi connectivity index (χ2n) is 7.47. The zero-order chi connectivity index (χ0) is 22.5. The van der Waals surface area contributed by atoms with Gasteiger partial charge in [0, 0.05) is 0 Å². The van der Waals surface area contributed by atoms with Gasteiger partial charge >= 0.3 is 0 Å². The third-order valence-corrected chi connectivity index (χ3v) is 5.38. The maximum absolute atomic E-state index is 5.54. The molecule has 0 aromatic rings. The molecule has 27 heavy (non-hydrogen) atoms.